The van der Waals surface area contributed by atoms with Crippen molar-refractivity contribution in [1.82, 2.24) is 30.6 Å². The van der Waals surface area contributed by atoms with Gasteiger partial charge in [-0.1, -0.05) is 59.8 Å². The van der Waals surface area contributed by atoms with Gasteiger partial charge in [0.15, 0.2) is 22.9 Å². The quantitative estimate of drug-likeness (QED) is 0.180. The van der Waals surface area contributed by atoms with Gasteiger partial charge in [-0.3, -0.25) is 4.79 Å². The molecule has 1 amide bonds. The van der Waals surface area contributed by atoms with E-state index in [1.165, 1.54) is 6.07 Å². The molecule has 0 radical (unpaired) electrons. The van der Waals surface area contributed by atoms with Crippen LogP contribution >= 0.6 is 0 Å². The van der Waals surface area contributed by atoms with Crippen molar-refractivity contribution in [3.8, 4) is 28.2 Å². The Morgan fingerprint density at radius 3 is 2.67 bits per heavy atom. The Kier molecular flexibility index (Phi) is 8.13. The molecule has 1 aliphatic heterocycles. The van der Waals surface area contributed by atoms with Gasteiger partial charge in [0.1, 0.15) is 11.6 Å². The van der Waals surface area contributed by atoms with Crippen molar-refractivity contribution < 1.29 is 18.4 Å². The van der Waals surface area contributed by atoms with Crippen molar-refractivity contribution in [3.05, 3.63) is 114 Å². The molecule has 4 heterocycles. The van der Waals surface area contributed by atoms with Gasteiger partial charge in [-0.2, -0.15) is 5.10 Å². The number of amides is 1. The number of nitrogens with one attached hydrogen (secondary N) is 3. The van der Waals surface area contributed by atoms with Crippen LogP contribution < -0.4 is 20.7 Å². The smallest absolute Gasteiger partial charge is 0.273 e. The molecule has 0 bridgehead atoms. The zero-order valence-corrected chi connectivity index (χ0v) is 25.2. The third-order valence-corrected chi connectivity index (χ3v) is 8.13. The Labute approximate surface area is 264 Å². The average molecular weight is 618 g/mol. The number of methoxy groups -OCH3 is 1. The van der Waals surface area contributed by atoms with Crippen molar-refractivity contribution in [3.63, 3.8) is 0 Å². The molecule has 46 heavy (non-hydrogen) atoms. The Balaban J connectivity index is 1.14. The summed E-state index contributed by atoms with van der Waals surface area (Å²) in [5, 5.41) is 19.4. The van der Waals surface area contributed by atoms with E-state index in [0.29, 0.717) is 34.9 Å². The molecular formula is C35H32FN7O3. The second kappa shape index (κ2) is 12.8. The highest BCUT2D eigenvalue weighted by Gasteiger charge is 2.22. The number of benzene rings is 3. The maximum absolute atomic E-state index is 15.5. The fraction of sp³-hybridized carbons (Fsp3) is 0.200. The molecule has 232 valence electrons. The highest BCUT2D eigenvalue weighted by Crippen LogP contribution is 2.34. The maximum atomic E-state index is 15.5. The summed E-state index contributed by atoms with van der Waals surface area (Å²) in [7, 11) is 1.64. The third kappa shape index (κ3) is 6.04. The second-order valence-electron chi connectivity index (χ2n) is 11.2. The fourth-order valence-electron chi connectivity index (χ4n) is 5.67. The molecule has 10 nitrogen and oxygen atoms in total. The van der Waals surface area contributed by atoms with E-state index in [0.717, 1.165) is 47.3 Å². The number of carbonyl (C=O) groups is 1. The Morgan fingerprint density at radius 1 is 1.07 bits per heavy atom. The van der Waals surface area contributed by atoms with Gasteiger partial charge in [0.2, 0.25) is 0 Å². The SMILES string of the molecule is COc1ccc(Cn2nc(NC3CCNC3)c3c(-c4ccc(CNC(=O)c5cc(-c6ccccc6)on5)c(F)c4)ccnc32)cc1. The standard InChI is InChI=1S/C35H32FN7O3/c1-45-27-11-7-22(8-12-27)21-43-34-32(33(41-43)40-26-13-15-37-20-26)28(14-16-38-34)24-9-10-25(29(36)17-24)19-39-35(44)30-18-31(46-42-30)23-5-3-2-4-6-23/h2-12,14,16-18,26,37H,13,15,19-21H2,1H3,(H,39,44)(H,40,41). The first-order valence-corrected chi connectivity index (χ1v) is 15.1. The number of aromatic nitrogens is 4. The van der Waals surface area contributed by atoms with Gasteiger partial charge in [-0.25, -0.2) is 14.1 Å². The van der Waals surface area contributed by atoms with E-state index in [9.17, 15) is 4.79 Å². The molecule has 0 aliphatic carbocycles. The second-order valence-corrected chi connectivity index (χ2v) is 11.2. The summed E-state index contributed by atoms with van der Waals surface area (Å²) in [6, 6.07) is 25.9. The van der Waals surface area contributed by atoms with Gasteiger partial charge >= 0.3 is 0 Å². The van der Waals surface area contributed by atoms with Crippen molar-refractivity contribution >= 4 is 22.8 Å². The zero-order chi connectivity index (χ0) is 31.5. The molecule has 1 aliphatic rings. The number of carbonyl (C=O) groups excluding carboxylic acids is 1. The van der Waals surface area contributed by atoms with E-state index in [4.69, 9.17) is 19.3 Å². The summed E-state index contributed by atoms with van der Waals surface area (Å²) >= 11 is 0. The lowest BCUT2D eigenvalue weighted by Crippen LogP contribution is -2.23. The average Bonchev–Trinajstić information content (AvgIpc) is 3.87. The third-order valence-electron chi connectivity index (χ3n) is 8.13. The van der Waals surface area contributed by atoms with Crippen LogP contribution in [0.3, 0.4) is 0 Å². The van der Waals surface area contributed by atoms with Crippen LogP contribution in [0.1, 0.15) is 28.0 Å². The number of hydrogen-bond acceptors (Lipinski definition) is 8. The van der Waals surface area contributed by atoms with Crippen LogP contribution in [0.15, 0.2) is 95.6 Å². The maximum Gasteiger partial charge on any atom is 0.273 e. The molecule has 0 spiro atoms. The van der Waals surface area contributed by atoms with Crippen molar-refractivity contribution in [1.29, 1.82) is 0 Å². The Bertz CT molecular complexity index is 1980. The number of nitrogens with zero attached hydrogens (tertiary/aromatic N) is 4. The van der Waals surface area contributed by atoms with E-state index in [1.807, 2.05) is 71.4 Å². The molecular weight excluding hydrogens is 585 g/mol. The van der Waals surface area contributed by atoms with Gasteiger partial charge in [0.05, 0.1) is 19.0 Å². The first-order chi connectivity index (χ1) is 22.6. The summed E-state index contributed by atoms with van der Waals surface area (Å²) in [6.07, 6.45) is 2.69. The molecule has 0 saturated carbocycles. The highest BCUT2D eigenvalue weighted by molar-refractivity contribution is 6.01. The molecule has 6 aromatic rings. The molecule has 7 rings (SSSR count). The largest absolute Gasteiger partial charge is 0.497 e. The lowest BCUT2D eigenvalue weighted by Gasteiger charge is -2.12. The lowest BCUT2D eigenvalue weighted by molar-refractivity contribution is 0.0941. The van der Waals surface area contributed by atoms with Crippen LogP contribution in [0, 0.1) is 5.82 Å². The summed E-state index contributed by atoms with van der Waals surface area (Å²) < 4.78 is 28.1. The molecule has 1 fully saturated rings. The van der Waals surface area contributed by atoms with Gasteiger partial charge in [-0.15, -0.1) is 0 Å². The number of hydrogen-bond donors (Lipinski definition) is 3. The predicted molar refractivity (Wildman–Crippen MR) is 173 cm³/mol. The molecule has 1 saturated heterocycles. The first kappa shape index (κ1) is 29.2. The highest BCUT2D eigenvalue weighted by atomic mass is 19.1. The van der Waals surface area contributed by atoms with E-state index in [2.05, 4.69) is 21.1 Å². The number of ether oxygens (including phenoxy) is 1. The summed E-state index contributed by atoms with van der Waals surface area (Å²) in [5.41, 5.74) is 4.52. The van der Waals surface area contributed by atoms with E-state index in [-0.39, 0.29) is 18.3 Å². The van der Waals surface area contributed by atoms with E-state index < -0.39 is 11.7 Å². The van der Waals surface area contributed by atoms with Gasteiger partial charge in [0, 0.05) is 42.5 Å². The summed E-state index contributed by atoms with van der Waals surface area (Å²) in [5.74, 6) is 1.08. The zero-order valence-electron chi connectivity index (χ0n) is 25.2. The van der Waals surface area contributed by atoms with Crippen LogP contribution in [0.2, 0.25) is 0 Å². The normalized spacial score (nSPS) is 14.4. The Morgan fingerprint density at radius 2 is 1.91 bits per heavy atom. The minimum atomic E-state index is -0.452. The lowest BCUT2D eigenvalue weighted by atomic mass is 10.0. The molecule has 3 N–H and O–H groups in total. The topological polar surface area (TPSA) is 119 Å². The number of rotatable bonds is 10. The van der Waals surface area contributed by atoms with Crippen LogP contribution in [0.25, 0.3) is 33.5 Å². The molecule has 11 heteroatoms. The summed E-state index contributed by atoms with van der Waals surface area (Å²) in [6.45, 7) is 2.26. The molecule has 3 aromatic carbocycles. The van der Waals surface area contributed by atoms with Gasteiger partial charge in [-0.05, 0) is 53.9 Å². The molecule has 1 unspecified atom stereocenters. The van der Waals surface area contributed by atoms with Crippen molar-refractivity contribution in [2.24, 2.45) is 0 Å². The summed E-state index contributed by atoms with van der Waals surface area (Å²) in [4.78, 5) is 17.5. The monoisotopic (exact) mass is 617 g/mol. The molecule has 1 atom stereocenters. The number of fused-ring (bicyclic) bond motifs is 1. The van der Waals surface area contributed by atoms with Gasteiger partial charge < -0.3 is 25.2 Å². The van der Waals surface area contributed by atoms with Crippen LogP contribution in [0.4, 0.5) is 10.2 Å². The van der Waals surface area contributed by atoms with Crippen LogP contribution in [-0.4, -0.2) is 52.1 Å². The number of halogens is 1. The number of anilines is 1. The van der Waals surface area contributed by atoms with E-state index in [1.54, 1.807) is 25.4 Å². The molecule has 3 aromatic heterocycles. The van der Waals surface area contributed by atoms with Gasteiger partial charge in [0.25, 0.3) is 5.91 Å². The first-order valence-electron chi connectivity index (χ1n) is 15.1. The van der Waals surface area contributed by atoms with Crippen LogP contribution in [0.5, 0.6) is 5.75 Å². The van der Waals surface area contributed by atoms with Crippen LogP contribution in [-0.2, 0) is 13.1 Å². The minimum Gasteiger partial charge on any atom is -0.497 e. The van der Waals surface area contributed by atoms with E-state index >= 15 is 4.39 Å². The number of pyridine rings is 1. The minimum absolute atomic E-state index is 0.00842. The van der Waals surface area contributed by atoms with Crippen molar-refractivity contribution in [2.45, 2.75) is 25.6 Å². The Hall–Kier alpha value is -5.55. The fourth-order valence-corrected chi connectivity index (χ4v) is 5.67. The van der Waals surface area contributed by atoms with Crippen molar-refractivity contribution in [2.75, 3.05) is 25.5 Å². The predicted octanol–water partition coefficient (Wildman–Crippen LogP) is 5.65.